The van der Waals surface area contributed by atoms with Gasteiger partial charge in [0.05, 0.1) is 12.4 Å². The first-order valence-electron chi connectivity index (χ1n) is 4.28. The number of carbonyl (C=O) groups excluding carboxylic acids is 1. The van der Waals surface area contributed by atoms with Gasteiger partial charge in [0, 0.05) is 24.4 Å². The number of carbonyl (C=O) groups is 1. The fraction of sp³-hybridized carbons (Fsp3) is 0.125. The number of anilines is 1. The van der Waals surface area contributed by atoms with Gasteiger partial charge in [-0.25, -0.2) is 4.79 Å². The van der Waals surface area contributed by atoms with Crippen molar-refractivity contribution in [1.82, 2.24) is 20.7 Å². The summed E-state index contributed by atoms with van der Waals surface area (Å²) in [6.45, 7) is 0.399. The van der Waals surface area contributed by atoms with Crippen molar-refractivity contribution in [2.75, 3.05) is 5.32 Å². The van der Waals surface area contributed by atoms with Gasteiger partial charge in [0.15, 0.2) is 0 Å². The molecule has 2 amide bonds. The monoisotopic (exact) mass is 207 g/mol. The van der Waals surface area contributed by atoms with Crippen LogP contribution in [0.3, 0.4) is 0 Å². The highest BCUT2D eigenvalue weighted by molar-refractivity contribution is 5.87. The number of amides is 2. The van der Waals surface area contributed by atoms with Crippen LogP contribution in [0.1, 0.15) is 5.56 Å². The number of rotatable bonds is 3. The molecule has 3 N–H and O–H groups in total. The maximum absolute atomic E-state index is 11.3. The molecule has 2 rings (SSSR count). The average Bonchev–Trinajstić information content (AvgIpc) is 2.86. The zero-order valence-corrected chi connectivity index (χ0v) is 7.73. The molecule has 0 bridgehead atoms. The number of nitrogens with zero attached hydrogens (tertiary/aromatic N) is 2. The summed E-state index contributed by atoms with van der Waals surface area (Å²) in [6.07, 6.45) is 4.79. The van der Waals surface area contributed by atoms with E-state index in [1.165, 1.54) is 6.20 Å². The molecule has 0 atom stereocenters. The van der Waals surface area contributed by atoms with E-state index in [-0.39, 0.29) is 6.03 Å². The Morgan fingerprint density at radius 3 is 3.20 bits per heavy atom. The molecule has 2 heterocycles. The van der Waals surface area contributed by atoms with Crippen molar-refractivity contribution in [3.05, 3.63) is 30.2 Å². The minimum absolute atomic E-state index is 0.305. The van der Waals surface area contributed by atoms with Crippen LogP contribution in [0.5, 0.6) is 0 Å². The Hall–Kier alpha value is -2.31. The van der Waals surface area contributed by atoms with E-state index in [1.807, 2.05) is 0 Å². The van der Waals surface area contributed by atoms with Crippen LogP contribution in [0.2, 0.25) is 0 Å². The highest BCUT2D eigenvalue weighted by Crippen LogP contribution is 2.02. The number of hydrogen-bond donors (Lipinski definition) is 3. The Morgan fingerprint density at radius 1 is 1.60 bits per heavy atom. The molecular formula is C8H9N5O2. The molecule has 0 unspecified atom stereocenters. The number of aromatic nitrogens is 3. The van der Waals surface area contributed by atoms with E-state index in [0.29, 0.717) is 12.4 Å². The van der Waals surface area contributed by atoms with Crippen molar-refractivity contribution in [1.29, 1.82) is 0 Å². The Kier molecular flexibility index (Phi) is 2.63. The van der Waals surface area contributed by atoms with E-state index in [4.69, 9.17) is 4.52 Å². The van der Waals surface area contributed by atoms with Crippen molar-refractivity contribution < 1.29 is 9.32 Å². The summed E-state index contributed by atoms with van der Waals surface area (Å²) in [5.41, 5.74) is 0.891. The van der Waals surface area contributed by atoms with Crippen LogP contribution in [0.4, 0.5) is 10.7 Å². The smallest absolute Gasteiger partial charge is 0.321 e. The van der Waals surface area contributed by atoms with Gasteiger partial charge in [-0.3, -0.25) is 10.4 Å². The van der Waals surface area contributed by atoms with Crippen LogP contribution in [0.15, 0.2) is 29.2 Å². The lowest BCUT2D eigenvalue weighted by molar-refractivity contribution is 0.251. The lowest BCUT2D eigenvalue weighted by atomic mass is 10.4. The molecule has 0 radical (unpaired) electrons. The van der Waals surface area contributed by atoms with E-state index in [2.05, 4.69) is 26.0 Å². The number of hydrogen-bond acceptors (Lipinski definition) is 4. The molecule has 0 aliphatic heterocycles. The summed E-state index contributed by atoms with van der Waals surface area (Å²) >= 11 is 0. The Bertz CT molecular complexity index is 408. The Labute approximate surface area is 84.8 Å². The average molecular weight is 207 g/mol. The molecule has 0 aliphatic carbocycles. The van der Waals surface area contributed by atoms with E-state index < -0.39 is 0 Å². The summed E-state index contributed by atoms with van der Waals surface area (Å²) in [4.78, 5) is 11.3. The van der Waals surface area contributed by atoms with Crippen molar-refractivity contribution in [3.8, 4) is 0 Å². The minimum Gasteiger partial charge on any atom is -0.338 e. The van der Waals surface area contributed by atoms with Crippen LogP contribution >= 0.6 is 0 Å². The molecule has 0 aromatic carbocycles. The third-order valence-electron chi connectivity index (χ3n) is 1.68. The third kappa shape index (κ3) is 2.56. The Balaban J connectivity index is 1.78. The highest BCUT2D eigenvalue weighted by atomic mass is 16.5. The van der Waals surface area contributed by atoms with Crippen LogP contribution in [-0.2, 0) is 6.54 Å². The SMILES string of the molecule is O=C(NCc1cn[nH]c1)Nc1ccno1. The van der Waals surface area contributed by atoms with Gasteiger partial charge in [-0.2, -0.15) is 5.10 Å². The maximum Gasteiger partial charge on any atom is 0.321 e. The van der Waals surface area contributed by atoms with Crippen LogP contribution in [0, 0.1) is 0 Å². The molecule has 2 aromatic rings. The molecule has 0 spiro atoms. The lowest BCUT2D eigenvalue weighted by Crippen LogP contribution is -2.27. The topological polar surface area (TPSA) is 95.8 Å². The van der Waals surface area contributed by atoms with Gasteiger partial charge >= 0.3 is 6.03 Å². The summed E-state index contributed by atoms with van der Waals surface area (Å²) in [5.74, 6) is 0.305. The van der Waals surface area contributed by atoms with Crippen LogP contribution in [-0.4, -0.2) is 21.4 Å². The van der Waals surface area contributed by atoms with E-state index in [1.54, 1.807) is 18.5 Å². The lowest BCUT2D eigenvalue weighted by Gasteiger charge is -2.02. The van der Waals surface area contributed by atoms with Gasteiger partial charge < -0.3 is 9.84 Å². The standard InChI is InChI=1S/C8H9N5O2/c14-8(13-7-1-2-12-15-7)9-3-6-4-10-11-5-6/h1-2,4-5H,3H2,(H,10,11)(H2,9,13,14). The van der Waals surface area contributed by atoms with Crippen LogP contribution in [0.25, 0.3) is 0 Å². The zero-order valence-electron chi connectivity index (χ0n) is 7.73. The number of urea groups is 1. The largest absolute Gasteiger partial charge is 0.338 e. The van der Waals surface area contributed by atoms with Crippen molar-refractivity contribution >= 4 is 11.9 Å². The third-order valence-corrected chi connectivity index (χ3v) is 1.68. The molecule has 0 fully saturated rings. The summed E-state index contributed by atoms with van der Waals surface area (Å²) < 4.78 is 4.70. The number of aromatic amines is 1. The molecule has 0 aliphatic rings. The molecule has 7 nitrogen and oxygen atoms in total. The second kappa shape index (κ2) is 4.27. The van der Waals surface area contributed by atoms with Crippen LogP contribution < -0.4 is 10.6 Å². The summed E-state index contributed by atoms with van der Waals surface area (Å²) in [5, 5.41) is 15.0. The Morgan fingerprint density at radius 2 is 2.53 bits per heavy atom. The molecular weight excluding hydrogens is 198 g/mol. The van der Waals surface area contributed by atoms with Crippen molar-refractivity contribution in [2.24, 2.45) is 0 Å². The van der Waals surface area contributed by atoms with Crippen molar-refractivity contribution in [3.63, 3.8) is 0 Å². The summed E-state index contributed by atoms with van der Waals surface area (Å²) in [7, 11) is 0. The number of H-pyrrole nitrogens is 1. The molecule has 0 saturated heterocycles. The van der Waals surface area contributed by atoms with Gasteiger partial charge in [0.1, 0.15) is 0 Å². The zero-order chi connectivity index (χ0) is 10.5. The van der Waals surface area contributed by atoms with E-state index in [0.717, 1.165) is 5.56 Å². The van der Waals surface area contributed by atoms with Gasteiger partial charge in [-0.05, 0) is 0 Å². The van der Waals surface area contributed by atoms with Gasteiger partial charge in [0.25, 0.3) is 0 Å². The fourth-order valence-electron chi connectivity index (χ4n) is 0.993. The number of nitrogens with one attached hydrogen (secondary N) is 3. The van der Waals surface area contributed by atoms with Gasteiger partial charge in [-0.1, -0.05) is 5.16 Å². The first-order valence-corrected chi connectivity index (χ1v) is 4.28. The predicted octanol–water partition coefficient (Wildman–Crippen LogP) is 0.719. The minimum atomic E-state index is -0.354. The first-order chi connectivity index (χ1) is 7.34. The van der Waals surface area contributed by atoms with Gasteiger partial charge in [0.2, 0.25) is 5.88 Å². The molecule has 7 heteroatoms. The highest BCUT2D eigenvalue weighted by Gasteiger charge is 2.03. The quantitative estimate of drug-likeness (QED) is 0.690. The maximum atomic E-state index is 11.3. The molecule has 15 heavy (non-hydrogen) atoms. The van der Waals surface area contributed by atoms with E-state index in [9.17, 15) is 4.79 Å². The predicted molar refractivity (Wildman–Crippen MR) is 50.9 cm³/mol. The van der Waals surface area contributed by atoms with Crippen molar-refractivity contribution in [2.45, 2.75) is 6.54 Å². The second-order valence-corrected chi connectivity index (χ2v) is 2.79. The van der Waals surface area contributed by atoms with E-state index >= 15 is 0 Å². The molecule has 2 aromatic heterocycles. The fourth-order valence-corrected chi connectivity index (χ4v) is 0.993. The summed E-state index contributed by atoms with van der Waals surface area (Å²) in [6, 6.07) is 1.20. The first kappa shape index (κ1) is 9.25. The molecule has 78 valence electrons. The normalized spacial score (nSPS) is 9.87. The second-order valence-electron chi connectivity index (χ2n) is 2.79. The molecule has 0 saturated carbocycles. The van der Waals surface area contributed by atoms with Gasteiger partial charge in [-0.15, -0.1) is 0 Å².